The maximum Gasteiger partial charge on any atom is 0.255 e. The second-order valence-electron chi connectivity index (χ2n) is 3.64. The molecule has 2 N–H and O–H groups in total. The van der Waals surface area contributed by atoms with Gasteiger partial charge in [0, 0.05) is 30.7 Å². The number of nitrogens with one attached hydrogen (secondary N) is 2. The molecule has 0 atom stereocenters. The highest BCUT2D eigenvalue weighted by Crippen LogP contribution is 2.17. The third kappa shape index (κ3) is 3.50. The van der Waals surface area contributed by atoms with Gasteiger partial charge in [-0.15, -0.1) is 0 Å². The van der Waals surface area contributed by atoms with Crippen LogP contribution in [-0.4, -0.2) is 34.6 Å². The van der Waals surface area contributed by atoms with Crippen LogP contribution in [0.1, 0.15) is 16.2 Å². The fourth-order valence-electron chi connectivity index (χ4n) is 1.50. The lowest BCUT2D eigenvalue weighted by molar-refractivity contribution is 0.0954. The molecule has 2 aromatic rings. The van der Waals surface area contributed by atoms with E-state index in [9.17, 15) is 4.79 Å². The number of amides is 1. The Morgan fingerprint density at radius 2 is 2.32 bits per heavy atom. The predicted octanol–water partition coefficient (Wildman–Crippen LogP) is 1.24. The highest BCUT2D eigenvalue weighted by molar-refractivity contribution is 9.10. The number of halogens is 1. The molecule has 8 heteroatoms. The minimum Gasteiger partial charge on any atom is -0.372 e. The zero-order valence-corrected chi connectivity index (χ0v) is 11.8. The lowest BCUT2D eigenvalue weighted by Gasteiger charge is -2.08. The van der Waals surface area contributed by atoms with E-state index in [1.165, 1.54) is 6.33 Å². The lowest BCUT2D eigenvalue weighted by atomic mass is 10.2. The van der Waals surface area contributed by atoms with E-state index in [2.05, 4.69) is 41.7 Å². The van der Waals surface area contributed by atoms with Gasteiger partial charge in [-0.05, 0) is 22.0 Å². The van der Waals surface area contributed by atoms with Crippen LogP contribution in [0.5, 0.6) is 0 Å². The molecule has 0 aliphatic rings. The molecule has 0 aliphatic carbocycles. The Labute approximate surface area is 117 Å². The van der Waals surface area contributed by atoms with Crippen LogP contribution in [0.4, 0.5) is 5.82 Å². The molecule has 0 radical (unpaired) electrons. The van der Waals surface area contributed by atoms with Crippen molar-refractivity contribution in [3.8, 4) is 0 Å². The summed E-state index contributed by atoms with van der Waals surface area (Å²) in [6.45, 7) is 0.413. The summed E-state index contributed by atoms with van der Waals surface area (Å²) in [5.74, 6) is 0.803. The summed E-state index contributed by atoms with van der Waals surface area (Å²) in [7, 11) is 1.71. The first-order chi connectivity index (χ1) is 9.20. The van der Waals surface area contributed by atoms with Crippen molar-refractivity contribution in [3.63, 3.8) is 0 Å². The Bertz CT molecular complexity index is 558. The number of pyridine rings is 1. The number of hydrogen-bond acceptors (Lipinski definition) is 6. The van der Waals surface area contributed by atoms with Gasteiger partial charge in [0.25, 0.3) is 5.91 Å². The molecule has 0 aliphatic heterocycles. The Balaban J connectivity index is 1.97. The van der Waals surface area contributed by atoms with Crippen molar-refractivity contribution < 1.29 is 9.32 Å². The van der Waals surface area contributed by atoms with Gasteiger partial charge in [-0.3, -0.25) is 4.79 Å². The summed E-state index contributed by atoms with van der Waals surface area (Å²) in [5.41, 5.74) is 0.474. The number of hydrogen-bond donors (Lipinski definition) is 2. The highest BCUT2D eigenvalue weighted by Gasteiger charge is 2.12. The first kappa shape index (κ1) is 13.5. The van der Waals surface area contributed by atoms with Crippen molar-refractivity contribution in [3.05, 3.63) is 34.5 Å². The van der Waals surface area contributed by atoms with Gasteiger partial charge in [-0.25, -0.2) is 4.98 Å². The van der Waals surface area contributed by atoms with E-state index < -0.39 is 0 Å². The third-order valence-corrected chi connectivity index (χ3v) is 2.80. The Morgan fingerprint density at radius 1 is 1.47 bits per heavy atom. The minimum absolute atomic E-state index is 0.210. The summed E-state index contributed by atoms with van der Waals surface area (Å²) in [6, 6.07) is 1.71. The van der Waals surface area contributed by atoms with Crippen LogP contribution < -0.4 is 10.6 Å². The Morgan fingerprint density at radius 3 is 3.00 bits per heavy atom. The van der Waals surface area contributed by atoms with Gasteiger partial charge in [-0.2, -0.15) is 4.98 Å². The van der Waals surface area contributed by atoms with Gasteiger partial charge in [0.05, 0.1) is 5.56 Å². The summed E-state index contributed by atoms with van der Waals surface area (Å²) >= 11 is 3.29. The van der Waals surface area contributed by atoms with Gasteiger partial charge in [-0.1, -0.05) is 5.16 Å². The molecule has 7 nitrogen and oxygen atoms in total. The van der Waals surface area contributed by atoms with Crippen molar-refractivity contribution in [2.75, 3.05) is 18.9 Å². The zero-order valence-electron chi connectivity index (χ0n) is 10.2. The summed E-state index contributed by atoms with van der Waals surface area (Å²) in [6.07, 6.45) is 3.44. The first-order valence-corrected chi connectivity index (χ1v) is 6.37. The number of aromatic nitrogens is 3. The van der Waals surface area contributed by atoms with Gasteiger partial charge in [0.1, 0.15) is 5.82 Å². The van der Waals surface area contributed by atoms with Gasteiger partial charge < -0.3 is 15.2 Å². The fourth-order valence-corrected chi connectivity index (χ4v) is 1.83. The van der Waals surface area contributed by atoms with Crippen LogP contribution in [0.2, 0.25) is 0 Å². The second kappa shape index (κ2) is 6.28. The molecule has 19 heavy (non-hydrogen) atoms. The molecular formula is C11H12BrN5O2. The molecule has 0 aromatic carbocycles. The topological polar surface area (TPSA) is 92.9 Å². The molecule has 0 saturated heterocycles. The fraction of sp³-hybridized carbons (Fsp3) is 0.273. The molecule has 0 unspecified atom stereocenters. The maximum atomic E-state index is 12.0. The van der Waals surface area contributed by atoms with E-state index in [0.717, 1.165) is 4.47 Å². The summed E-state index contributed by atoms with van der Waals surface area (Å²) in [4.78, 5) is 20.0. The number of rotatable bonds is 5. The summed E-state index contributed by atoms with van der Waals surface area (Å²) in [5, 5.41) is 9.14. The van der Waals surface area contributed by atoms with Crippen molar-refractivity contribution in [2.45, 2.75) is 6.42 Å². The highest BCUT2D eigenvalue weighted by atomic mass is 79.9. The first-order valence-electron chi connectivity index (χ1n) is 5.57. The van der Waals surface area contributed by atoms with Gasteiger partial charge in [0.15, 0.2) is 6.33 Å². The second-order valence-corrected chi connectivity index (χ2v) is 4.56. The average Bonchev–Trinajstić information content (AvgIpc) is 2.91. The molecule has 2 heterocycles. The van der Waals surface area contributed by atoms with Gasteiger partial charge >= 0.3 is 0 Å². The lowest BCUT2D eigenvalue weighted by Crippen LogP contribution is -2.26. The maximum absolute atomic E-state index is 12.0. The molecule has 0 bridgehead atoms. The average molecular weight is 326 g/mol. The van der Waals surface area contributed by atoms with Crippen LogP contribution in [0.25, 0.3) is 0 Å². The van der Waals surface area contributed by atoms with Crippen LogP contribution in [-0.2, 0) is 6.42 Å². The molecule has 2 aromatic heterocycles. The van der Waals surface area contributed by atoms with Gasteiger partial charge in [0.2, 0.25) is 5.89 Å². The largest absolute Gasteiger partial charge is 0.372 e. The van der Waals surface area contributed by atoms with Crippen LogP contribution in [0.3, 0.4) is 0 Å². The molecule has 1 amide bonds. The normalized spacial score (nSPS) is 10.2. The molecular weight excluding hydrogens is 314 g/mol. The quantitative estimate of drug-likeness (QED) is 0.859. The van der Waals surface area contributed by atoms with Crippen molar-refractivity contribution in [1.29, 1.82) is 0 Å². The Hall–Kier alpha value is -1.96. The minimum atomic E-state index is -0.210. The van der Waals surface area contributed by atoms with Crippen molar-refractivity contribution in [1.82, 2.24) is 20.4 Å². The van der Waals surface area contributed by atoms with Crippen molar-refractivity contribution >= 4 is 27.7 Å². The number of anilines is 1. The third-order valence-electron chi connectivity index (χ3n) is 2.37. The van der Waals surface area contributed by atoms with Crippen molar-refractivity contribution in [2.24, 2.45) is 0 Å². The van der Waals surface area contributed by atoms with E-state index in [-0.39, 0.29) is 5.91 Å². The summed E-state index contributed by atoms with van der Waals surface area (Å²) < 4.78 is 5.58. The number of carbonyl (C=O) groups excluding carboxylic acids is 1. The number of carbonyl (C=O) groups is 1. The van der Waals surface area contributed by atoms with E-state index in [1.54, 1.807) is 19.3 Å². The van der Waals surface area contributed by atoms with E-state index >= 15 is 0 Å². The van der Waals surface area contributed by atoms with Crippen LogP contribution in [0.15, 0.2) is 27.6 Å². The standard InChI is InChI=1S/C11H12BrN5O2/c1-13-10-8(4-7(12)5-15-10)11(18)14-3-2-9-16-6-17-19-9/h4-6H,2-3H2,1H3,(H,13,15)(H,14,18). The monoisotopic (exact) mass is 325 g/mol. The number of nitrogens with zero attached hydrogens (tertiary/aromatic N) is 3. The smallest absolute Gasteiger partial charge is 0.255 e. The molecule has 0 spiro atoms. The predicted molar refractivity (Wildman–Crippen MR) is 71.8 cm³/mol. The molecule has 100 valence electrons. The van der Waals surface area contributed by atoms with E-state index in [0.29, 0.717) is 30.2 Å². The van der Waals surface area contributed by atoms with Crippen LogP contribution in [0, 0.1) is 0 Å². The SMILES string of the molecule is CNc1ncc(Br)cc1C(=O)NCCc1ncno1. The molecule has 0 saturated carbocycles. The van der Waals surface area contributed by atoms with E-state index in [4.69, 9.17) is 4.52 Å². The van der Waals surface area contributed by atoms with Crippen LogP contribution >= 0.6 is 15.9 Å². The zero-order chi connectivity index (χ0) is 13.7. The van der Waals surface area contributed by atoms with E-state index in [1.807, 2.05) is 0 Å². The Kier molecular flexibility index (Phi) is 4.45. The molecule has 2 rings (SSSR count). The molecule has 0 fully saturated rings.